The van der Waals surface area contributed by atoms with Gasteiger partial charge in [-0.05, 0) is 25.5 Å². The number of rotatable bonds is 7. The van der Waals surface area contributed by atoms with Crippen LogP contribution >= 0.6 is 0 Å². The van der Waals surface area contributed by atoms with Crippen molar-refractivity contribution in [2.24, 2.45) is 0 Å². The fourth-order valence-electron chi connectivity index (χ4n) is 2.82. The number of para-hydroxylation sites is 2. The number of unbranched alkanes of at least 4 members (excludes halogenated alkanes) is 1. The van der Waals surface area contributed by atoms with Crippen LogP contribution in [0.1, 0.15) is 45.0 Å². The number of fused-ring (bicyclic) bond motifs is 1. The first-order valence-electron chi connectivity index (χ1n) is 8.90. The molecule has 138 valence electrons. The maximum absolute atomic E-state index is 12.8. The third-order valence-corrected chi connectivity index (χ3v) is 4.10. The number of nitrogens with one attached hydrogen (secondary N) is 2. The maximum atomic E-state index is 12.8. The Bertz CT molecular complexity index is 802. The fraction of sp³-hybridized carbons (Fsp3) is 0.444. The summed E-state index contributed by atoms with van der Waals surface area (Å²) in [5.41, 5.74) is 0.568. The Labute approximate surface area is 151 Å². The van der Waals surface area contributed by atoms with Gasteiger partial charge >= 0.3 is 0 Å². The van der Waals surface area contributed by atoms with Crippen molar-refractivity contribution in [1.82, 2.24) is 14.8 Å². The molecule has 2 N–H and O–H groups in total. The summed E-state index contributed by atoms with van der Waals surface area (Å²) < 4.78 is 7.04. The van der Waals surface area contributed by atoms with Gasteiger partial charge in [-0.25, -0.2) is 4.68 Å². The Morgan fingerprint density at radius 3 is 2.96 bits per heavy atom. The number of hydrogen-bond acceptors (Lipinski definition) is 5. The first kappa shape index (κ1) is 17.9. The molecule has 1 aromatic carbocycles. The average Bonchev–Trinajstić information content (AvgIpc) is 3.03. The second-order valence-corrected chi connectivity index (χ2v) is 6.09. The van der Waals surface area contributed by atoms with Crippen molar-refractivity contribution < 1.29 is 14.3 Å². The maximum Gasteiger partial charge on any atom is 0.250 e. The zero-order chi connectivity index (χ0) is 18.5. The number of benzene rings is 1. The number of carbonyl (C=O) groups is 2. The molecule has 2 heterocycles. The minimum Gasteiger partial charge on any atom is -0.492 e. The average molecular weight is 357 g/mol. The predicted molar refractivity (Wildman–Crippen MR) is 97.2 cm³/mol. The zero-order valence-electron chi connectivity index (χ0n) is 15.0. The van der Waals surface area contributed by atoms with E-state index < -0.39 is 6.04 Å². The standard InChI is InChI=1S/C18H23N5O3/c1-3-5-10-15-20-18-21-16(24)11-13(23(18)22-15)17(25)19-12-8-6-7-9-14(12)26-4-2/h6-9,13H,3-5,10-11H2,1-2H3,(H,19,25)(H,20,21,22,24). The molecule has 1 atom stereocenters. The lowest BCUT2D eigenvalue weighted by Crippen LogP contribution is -2.36. The van der Waals surface area contributed by atoms with E-state index in [2.05, 4.69) is 27.6 Å². The fourth-order valence-corrected chi connectivity index (χ4v) is 2.82. The van der Waals surface area contributed by atoms with E-state index in [0.717, 1.165) is 12.8 Å². The van der Waals surface area contributed by atoms with Crippen LogP contribution in [0.4, 0.5) is 11.6 Å². The lowest BCUT2D eigenvalue weighted by atomic mass is 10.1. The minimum absolute atomic E-state index is 0.0201. The Morgan fingerprint density at radius 2 is 2.19 bits per heavy atom. The number of hydrogen-bond donors (Lipinski definition) is 2. The summed E-state index contributed by atoms with van der Waals surface area (Å²) in [6, 6.07) is 6.47. The summed E-state index contributed by atoms with van der Waals surface area (Å²) in [6.45, 7) is 4.46. The van der Waals surface area contributed by atoms with Crippen molar-refractivity contribution in [2.45, 2.75) is 45.6 Å². The smallest absolute Gasteiger partial charge is 0.250 e. The van der Waals surface area contributed by atoms with E-state index in [1.165, 1.54) is 4.68 Å². The number of carbonyl (C=O) groups excluding carboxylic acids is 2. The lowest BCUT2D eigenvalue weighted by Gasteiger charge is -2.23. The van der Waals surface area contributed by atoms with Crippen molar-refractivity contribution >= 4 is 23.5 Å². The molecule has 0 saturated carbocycles. The molecule has 1 unspecified atom stereocenters. The number of nitrogens with zero attached hydrogens (tertiary/aromatic N) is 3. The summed E-state index contributed by atoms with van der Waals surface area (Å²) in [6.07, 6.45) is 2.71. The SMILES string of the molecule is CCCCc1nc2n(n1)C(C(=O)Nc1ccccc1OCC)CC(=O)N2. The highest BCUT2D eigenvalue weighted by atomic mass is 16.5. The molecule has 1 aromatic heterocycles. The van der Waals surface area contributed by atoms with Crippen LogP contribution in [0.5, 0.6) is 5.75 Å². The van der Waals surface area contributed by atoms with Gasteiger partial charge in [0.15, 0.2) is 5.82 Å². The molecule has 0 saturated heterocycles. The van der Waals surface area contributed by atoms with E-state index in [1.54, 1.807) is 12.1 Å². The number of aromatic nitrogens is 3. The van der Waals surface area contributed by atoms with Crippen molar-refractivity contribution in [3.05, 3.63) is 30.1 Å². The zero-order valence-corrected chi connectivity index (χ0v) is 15.0. The summed E-state index contributed by atoms with van der Waals surface area (Å²) in [7, 11) is 0. The number of anilines is 2. The molecule has 26 heavy (non-hydrogen) atoms. The molecule has 8 heteroatoms. The van der Waals surface area contributed by atoms with Gasteiger partial charge in [0.1, 0.15) is 11.8 Å². The van der Waals surface area contributed by atoms with Gasteiger partial charge in [0.25, 0.3) is 0 Å². The molecule has 0 aliphatic carbocycles. The van der Waals surface area contributed by atoms with Crippen LogP contribution in [0, 0.1) is 0 Å². The molecule has 8 nitrogen and oxygen atoms in total. The summed E-state index contributed by atoms with van der Waals surface area (Å²) in [5, 5.41) is 9.95. The van der Waals surface area contributed by atoms with Crippen LogP contribution < -0.4 is 15.4 Å². The molecule has 0 bridgehead atoms. The van der Waals surface area contributed by atoms with E-state index in [4.69, 9.17) is 4.74 Å². The van der Waals surface area contributed by atoms with Gasteiger partial charge in [-0.2, -0.15) is 10.1 Å². The van der Waals surface area contributed by atoms with Gasteiger partial charge in [0.05, 0.1) is 18.7 Å². The molecule has 0 radical (unpaired) electrons. The Hall–Kier alpha value is -2.90. The number of amides is 2. The van der Waals surface area contributed by atoms with Gasteiger partial charge in [0, 0.05) is 6.42 Å². The van der Waals surface area contributed by atoms with Gasteiger partial charge < -0.3 is 10.1 Å². The second kappa shape index (κ2) is 7.99. The van der Waals surface area contributed by atoms with E-state index in [9.17, 15) is 9.59 Å². The van der Waals surface area contributed by atoms with Crippen LogP contribution in [0.2, 0.25) is 0 Å². The van der Waals surface area contributed by atoms with E-state index in [-0.39, 0.29) is 18.2 Å². The van der Waals surface area contributed by atoms with Gasteiger partial charge in [-0.1, -0.05) is 25.5 Å². The summed E-state index contributed by atoms with van der Waals surface area (Å²) in [5.74, 6) is 0.985. The summed E-state index contributed by atoms with van der Waals surface area (Å²) >= 11 is 0. The van der Waals surface area contributed by atoms with Crippen LogP contribution in [0.25, 0.3) is 0 Å². The minimum atomic E-state index is -0.740. The molecule has 2 amide bonds. The van der Waals surface area contributed by atoms with Crippen LogP contribution in [0.3, 0.4) is 0 Å². The molecule has 1 aliphatic heterocycles. The topological polar surface area (TPSA) is 98.1 Å². The van der Waals surface area contributed by atoms with Crippen molar-refractivity contribution in [2.75, 3.05) is 17.2 Å². The van der Waals surface area contributed by atoms with Crippen molar-refractivity contribution in [1.29, 1.82) is 0 Å². The Morgan fingerprint density at radius 1 is 1.38 bits per heavy atom. The number of ether oxygens (including phenoxy) is 1. The highest BCUT2D eigenvalue weighted by Gasteiger charge is 2.33. The number of aryl methyl sites for hydroxylation is 1. The van der Waals surface area contributed by atoms with Crippen molar-refractivity contribution in [3.63, 3.8) is 0 Å². The molecule has 2 aromatic rings. The molecule has 0 fully saturated rings. The normalized spacial score (nSPS) is 15.9. The van der Waals surface area contributed by atoms with Crippen LogP contribution in [-0.4, -0.2) is 33.2 Å². The van der Waals surface area contributed by atoms with Gasteiger partial charge in [-0.3, -0.25) is 14.9 Å². The van der Waals surface area contributed by atoms with Crippen LogP contribution in [-0.2, 0) is 16.0 Å². The van der Waals surface area contributed by atoms with Crippen LogP contribution in [0.15, 0.2) is 24.3 Å². The lowest BCUT2D eigenvalue weighted by molar-refractivity contribution is -0.125. The molecule has 1 aliphatic rings. The summed E-state index contributed by atoms with van der Waals surface area (Å²) in [4.78, 5) is 29.1. The molecular formula is C18H23N5O3. The van der Waals surface area contributed by atoms with Gasteiger partial charge in [0.2, 0.25) is 17.8 Å². The van der Waals surface area contributed by atoms with E-state index >= 15 is 0 Å². The van der Waals surface area contributed by atoms with E-state index in [1.807, 2.05) is 19.1 Å². The highest BCUT2D eigenvalue weighted by molar-refractivity contribution is 6.01. The largest absolute Gasteiger partial charge is 0.492 e. The predicted octanol–water partition coefficient (Wildman–Crippen LogP) is 2.54. The molecule has 0 spiro atoms. The molecular weight excluding hydrogens is 334 g/mol. The first-order valence-corrected chi connectivity index (χ1v) is 8.90. The monoisotopic (exact) mass is 357 g/mol. The Balaban J connectivity index is 1.82. The van der Waals surface area contributed by atoms with E-state index in [0.29, 0.717) is 36.2 Å². The second-order valence-electron chi connectivity index (χ2n) is 6.09. The Kier molecular flexibility index (Phi) is 5.50. The highest BCUT2D eigenvalue weighted by Crippen LogP contribution is 2.28. The van der Waals surface area contributed by atoms with Gasteiger partial charge in [-0.15, -0.1) is 0 Å². The third kappa shape index (κ3) is 3.84. The van der Waals surface area contributed by atoms with Crippen molar-refractivity contribution in [3.8, 4) is 5.75 Å². The quantitative estimate of drug-likeness (QED) is 0.793. The molecule has 3 rings (SSSR count). The third-order valence-electron chi connectivity index (χ3n) is 4.10. The first-order chi connectivity index (χ1) is 12.6.